The molecule has 1 aromatic rings. The van der Waals surface area contributed by atoms with E-state index >= 15 is 0 Å². The number of allylic oxidation sites excluding steroid dienone is 1. The highest BCUT2D eigenvalue weighted by Gasteiger charge is 2.33. The minimum atomic E-state index is -4.38. The topological polar surface area (TPSA) is 17.1 Å². The fraction of sp³-hybridized carbons (Fsp3) is 0.357. The van der Waals surface area contributed by atoms with Crippen LogP contribution in [-0.2, 0) is 6.18 Å². The minimum Gasteiger partial charge on any atom is -0.289 e. The SMILES string of the molecule is C[C@@]1(CI)CS/C(=C/C(=O)c2ccc(C(F)(F)F)cc2)S1. The summed E-state index contributed by atoms with van der Waals surface area (Å²) in [6, 6.07) is 4.33. The molecule has 1 aliphatic rings. The molecule has 2 rings (SSSR count). The summed E-state index contributed by atoms with van der Waals surface area (Å²) in [5.41, 5.74) is -0.464. The van der Waals surface area contributed by atoms with Gasteiger partial charge in [-0.05, 0) is 19.1 Å². The van der Waals surface area contributed by atoms with Crippen molar-refractivity contribution in [3.05, 3.63) is 45.7 Å². The number of ketones is 1. The third kappa shape index (κ3) is 4.41. The fourth-order valence-corrected chi connectivity index (χ4v) is 5.65. The van der Waals surface area contributed by atoms with Gasteiger partial charge in [0.15, 0.2) is 5.78 Å². The Labute approximate surface area is 143 Å². The van der Waals surface area contributed by atoms with E-state index in [-0.39, 0.29) is 16.1 Å². The summed E-state index contributed by atoms with van der Waals surface area (Å²) in [7, 11) is 0. The molecule has 0 unspecified atom stereocenters. The molecule has 1 atom stereocenters. The zero-order chi connectivity index (χ0) is 15.7. The molecule has 1 saturated heterocycles. The molecule has 0 N–H and O–H groups in total. The van der Waals surface area contributed by atoms with E-state index < -0.39 is 11.7 Å². The van der Waals surface area contributed by atoms with Gasteiger partial charge in [-0.15, -0.1) is 23.5 Å². The highest BCUT2D eigenvalue weighted by molar-refractivity contribution is 14.1. The van der Waals surface area contributed by atoms with E-state index in [0.29, 0.717) is 0 Å². The molecule has 1 aliphatic heterocycles. The van der Waals surface area contributed by atoms with Gasteiger partial charge < -0.3 is 0 Å². The lowest BCUT2D eigenvalue weighted by Crippen LogP contribution is -2.20. The number of rotatable bonds is 3. The number of carbonyl (C=O) groups excluding carboxylic acids is 1. The minimum absolute atomic E-state index is 0.123. The van der Waals surface area contributed by atoms with Crippen LogP contribution in [0.1, 0.15) is 22.8 Å². The molecule has 1 aromatic carbocycles. The number of carbonyl (C=O) groups is 1. The Morgan fingerprint density at radius 2 is 2.00 bits per heavy atom. The molecular formula is C14H12F3IOS2. The van der Waals surface area contributed by atoms with Gasteiger partial charge >= 0.3 is 6.18 Å². The van der Waals surface area contributed by atoms with Crippen LogP contribution in [0.25, 0.3) is 0 Å². The molecule has 0 radical (unpaired) electrons. The fourth-order valence-electron chi connectivity index (χ4n) is 1.68. The second-order valence-corrected chi connectivity index (χ2v) is 8.54. The highest BCUT2D eigenvalue weighted by Crippen LogP contribution is 2.49. The average Bonchev–Trinajstić information content (AvgIpc) is 2.80. The standard InChI is InChI=1S/C14H12F3IOS2/c1-13(7-18)8-20-12(21-13)6-11(19)9-2-4-10(5-3-9)14(15,16)17/h2-6H,7-8H2,1H3/b12-6-/t13-/m1/s1. The van der Waals surface area contributed by atoms with Crippen molar-refractivity contribution in [1.29, 1.82) is 0 Å². The van der Waals surface area contributed by atoms with Gasteiger partial charge in [-0.3, -0.25) is 4.79 Å². The summed E-state index contributed by atoms with van der Waals surface area (Å²) in [5.74, 6) is 0.684. The molecule has 0 spiro atoms. The van der Waals surface area contributed by atoms with E-state index in [9.17, 15) is 18.0 Å². The summed E-state index contributed by atoms with van der Waals surface area (Å²) in [6.07, 6.45) is -2.85. The van der Waals surface area contributed by atoms with Gasteiger partial charge in [0.1, 0.15) is 0 Å². The predicted octanol–water partition coefficient (Wildman–Crippen LogP) is 5.40. The normalized spacial score (nSPS) is 24.5. The van der Waals surface area contributed by atoms with Crippen molar-refractivity contribution in [2.75, 3.05) is 10.2 Å². The number of thioether (sulfide) groups is 2. The predicted molar refractivity (Wildman–Crippen MR) is 91.2 cm³/mol. The Bertz CT molecular complexity index is 569. The van der Waals surface area contributed by atoms with Gasteiger partial charge in [0.25, 0.3) is 0 Å². The molecule has 1 nitrogen and oxygen atoms in total. The molecule has 1 heterocycles. The van der Waals surface area contributed by atoms with Crippen molar-refractivity contribution in [1.82, 2.24) is 0 Å². The third-order valence-corrected chi connectivity index (χ3v) is 8.17. The molecule has 0 aromatic heterocycles. The first-order chi connectivity index (χ1) is 9.73. The van der Waals surface area contributed by atoms with E-state index in [4.69, 9.17) is 0 Å². The third-order valence-electron chi connectivity index (χ3n) is 2.90. The summed E-state index contributed by atoms with van der Waals surface area (Å²) >= 11 is 5.60. The summed E-state index contributed by atoms with van der Waals surface area (Å²) in [6.45, 7) is 2.14. The Hall–Kier alpha value is -0.150. The zero-order valence-corrected chi connectivity index (χ0v) is 14.8. The molecule has 0 bridgehead atoms. The van der Waals surface area contributed by atoms with Crippen molar-refractivity contribution in [3.8, 4) is 0 Å². The maximum Gasteiger partial charge on any atom is 0.416 e. The summed E-state index contributed by atoms with van der Waals surface area (Å²) in [5, 5.41) is 0. The summed E-state index contributed by atoms with van der Waals surface area (Å²) < 4.78 is 39.4. The first-order valence-corrected chi connectivity index (χ1v) is 9.37. The van der Waals surface area contributed by atoms with Crippen LogP contribution < -0.4 is 0 Å². The molecule has 114 valence electrons. The molecule has 0 saturated carbocycles. The first-order valence-electron chi connectivity index (χ1n) is 6.05. The molecule has 7 heteroatoms. The lowest BCUT2D eigenvalue weighted by atomic mass is 10.1. The van der Waals surface area contributed by atoms with Gasteiger partial charge in [-0.2, -0.15) is 13.2 Å². The smallest absolute Gasteiger partial charge is 0.289 e. The molecule has 1 fully saturated rings. The number of alkyl halides is 4. The Balaban J connectivity index is 2.11. The Kier molecular flexibility index (Phi) is 5.36. The van der Waals surface area contributed by atoms with Crippen molar-refractivity contribution < 1.29 is 18.0 Å². The van der Waals surface area contributed by atoms with Gasteiger partial charge in [0.05, 0.1) is 5.56 Å². The number of halogens is 4. The number of benzene rings is 1. The molecule has 0 aliphatic carbocycles. The van der Waals surface area contributed by atoms with E-state index in [1.165, 1.54) is 18.2 Å². The van der Waals surface area contributed by atoms with Crippen molar-refractivity contribution in [3.63, 3.8) is 0 Å². The van der Waals surface area contributed by atoms with Gasteiger partial charge in [-0.25, -0.2) is 0 Å². The summed E-state index contributed by atoms with van der Waals surface area (Å²) in [4.78, 5) is 12.1. The maximum atomic E-state index is 12.5. The quantitative estimate of drug-likeness (QED) is 0.269. The molecular weight excluding hydrogens is 432 g/mol. The van der Waals surface area contributed by atoms with Crippen LogP contribution in [0.4, 0.5) is 13.2 Å². The second kappa shape index (κ2) is 6.54. The highest BCUT2D eigenvalue weighted by atomic mass is 127. The van der Waals surface area contributed by atoms with E-state index in [0.717, 1.165) is 26.6 Å². The van der Waals surface area contributed by atoms with Crippen molar-refractivity contribution in [2.45, 2.75) is 17.8 Å². The first kappa shape index (κ1) is 17.2. The largest absolute Gasteiger partial charge is 0.416 e. The lowest BCUT2D eigenvalue weighted by Gasteiger charge is -2.16. The van der Waals surface area contributed by atoms with Crippen LogP contribution in [0.15, 0.2) is 34.6 Å². The number of hydrogen-bond acceptors (Lipinski definition) is 3. The van der Waals surface area contributed by atoms with Crippen molar-refractivity contribution in [2.24, 2.45) is 0 Å². The van der Waals surface area contributed by atoms with Gasteiger partial charge in [-0.1, -0.05) is 34.7 Å². The van der Waals surface area contributed by atoms with E-state index in [1.807, 2.05) is 0 Å². The lowest BCUT2D eigenvalue weighted by molar-refractivity contribution is -0.137. The zero-order valence-electron chi connectivity index (χ0n) is 11.0. The van der Waals surface area contributed by atoms with Crippen molar-refractivity contribution >= 4 is 51.9 Å². The van der Waals surface area contributed by atoms with Crippen LogP contribution in [0, 0.1) is 0 Å². The number of hydrogen-bond donors (Lipinski definition) is 0. The van der Waals surface area contributed by atoms with Gasteiger partial charge in [0, 0.05) is 30.8 Å². The second-order valence-electron chi connectivity index (χ2n) is 4.88. The average molecular weight is 444 g/mol. The monoisotopic (exact) mass is 444 g/mol. The van der Waals surface area contributed by atoms with E-state index in [2.05, 4.69) is 29.5 Å². The van der Waals surface area contributed by atoms with Crippen LogP contribution in [0.3, 0.4) is 0 Å². The van der Waals surface area contributed by atoms with Crippen LogP contribution >= 0.6 is 46.1 Å². The maximum absolute atomic E-state index is 12.5. The van der Waals surface area contributed by atoms with Gasteiger partial charge in [0.2, 0.25) is 0 Å². The van der Waals surface area contributed by atoms with E-state index in [1.54, 1.807) is 23.5 Å². The Morgan fingerprint density at radius 3 is 2.48 bits per heavy atom. The molecule has 21 heavy (non-hydrogen) atoms. The van der Waals surface area contributed by atoms with Crippen LogP contribution in [0.2, 0.25) is 0 Å². The Morgan fingerprint density at radius 1 is 1.38 bits per heavy atom. The van der Waals surface area contributed by atoms with Crippen LogP contribution in [-0.4, -0.2) is 20.7 Å². The van der Waals surface area contributed by atoms with Crippen LogP contribution in [0.5, 0.6) is 0 Å². The molecule has 0 amide bonds.